The predicted molar refractivity (Wildman–Crippen MR) is 155 cm³/mol. The van der Waals surface area contributed by atoms with Gasteiger partial charge < -0.3 is 25.0 Å². The number of ether oxygens (including phenoxy) is 2. The zero-order valence-electron chi connectivity index (χ0n) is 23.9. The molecule has 0 aliphatic carbocycles. The molecule has 0 rings (SSSR count). The van der Waals surface area contributed by atoms with E-state index in [0.717, 1.165) is 32.1 Å². The molecule has 0 aromatic heterocycles. The minimum Gasteiger partial charge on any atom is -0.465 e. The minimum atomic E-state index is -1.73. The first-order valence-corrected chi connectivity index (χ1v) is 13.5. The van der Waals surface area contributed by atoms with Crippen molar-refractivity contribution in [1.82, 2.24) is 5.32 Å². The number of hydrogen-bond donors (Lipinski definition) is 3. The highest BCUT2D eigenvalue weighted by molar-refractivity contribution is 5.83. The Morgan fingerprint density at radius 1 is 0.750 bits per heavy atom. The van der Waals surface area contributed by atoms with Crippen LogP contribution in [0.1, 0.15) is 72.1 Å². The molecule has 0 aromatic carbocycles. The van der Waals surface area contributed by atoms with Crippen molar-refractivity contribution >= 4 is 24.0 Å². The van der Waals surface area contributed by atoms with Crippen LogP contribution in [0.2, 0.25) is 0 Å². The van der Waals surface area contributed by atoms with Crippen LogP contribution in [0.4, 0.5) is 4.79 Å². The van der Waals surface area contributed by atoms with Crippen molar-refractivity contribution in [2.24, 2.45) is 5.41 Å². The maximum atomic E-state index is 12.1. The predicted octanol–water partition coefficient (Wildman–Crippen LogP) is 5.73. The largest absolute Gasteiger partial charge is 0.513 e. The molecule has 0 saturated carbocycles. The van der Waals surface area contributed by atoms with E-state index in [-0.39, 0.29) is 26.0 Å². The van der Waals surface area contributed by atoms with Crippen LogP contribution in [0.3, 0.4) is 0 Å². The van der Waals surface area contributed by atoms with Crippen LogP contribution in [0.5, 0.6) is 0 Å². The Kier molecular flexibility index (Phi) is 21.0. The number of allylic oxidation sites excluding steroid dienone is 11. The summed E-state index contributed by atoms with van der Waals surface area (Å²) in [7, 11) is 0. The molecule has 9 nitrogen and oxygen atoms in total. The van der Waals surface area contributed by atoms with Gasteiger partial charge in [0.05, 0.1) is 19.4 Å². The summed E-state index contributed by atoms with van der Waals surface area (Å²) in [5.41, 5.74) is -1.08. The molecular weight excluding hydrogens is 514 g/mol. The fourth-order valence-electron chi connectivity index (χ4n) is 2.99. The number of carbonyl (C=O) groups excluding carboxylic acids is 3. The van der Waals surface area contributed by atoms with Crippen molar-refractivity contribution in [3.63, 3.8) is 0 Å². The van der Waals surface area contributed by atoms with Gasteiger partial charge in [0.15, 0.2) is 0 Å². The fraction of sp³-hybridized carbons (Fsp3) is 0.484. The third kappa shape index (κ3) is 21.2. The van der Waals surface area contributed by atoms with Gasteiger partial charge in [0.1, 0.15) is 6.10 Å². The standard InChI is InChI=1S/C31H45NO8/c1-4-5-6-7-8-9-10-11-12-13-14-15-16-17-18-19-20-21-22-26(33)39-25-31(2,3)28(35)29(36)32-24-23-27(34)40-30(37)38/h5-6,8-9,11-12,14-15,17-18,20-21,28,35H,4,7,10,13,16,19,22-25H2,1-3H3,(H,32,36)(H,37,38). The number of hydrogen-bond acceptors (Lipinski definition) is 7. The lowest BCUT2D eigenvalue weighted by atomic mass is 9.87. The van der Waals surface area contributed by atoms with Crippen LogP contribution in [0.25, 0.3) is 0 Å². The normalized spacial score (nSPS) is 13.3. The van der Waals surface area contributed by atoms with E-state index < -0.39 is 35.5 Å². The molecule has 0 saturated heterocycles. The fourth-order valence-corrected chi connectivity index (χ4v) is 2.99. The molecule has 0 aliphatic rings. The van der Waals surface area contributed by atoms with Crippen LogP contribution in [0, 0.1) is 5.41 Å². The summed E-state index contributed by atoms with van der Waals surface area (Å²) in [4.78, 5) is 45.5. The zero-order chi connectivity index (χ0) is 30.1. The lowest BCUT2D eigenvalue weighted by Crippen LogP contribution is -2.46. The summed E-state index contributed by atoms with van der Waals surface area (Å²) in [6.07, 6.45) is 26.7. The second kappa shape index (κ2) is 23.2. The van der Waals surface area contributed by atoms with Crippen LogP contribution >= 0.6 is 0 Å². The van der Waals surface area contributed by atoms with E-state index in [1.165, 1.54) is 0 Å². The van der Waals surface area contributed by atoms with Crippen LogP contribution in [-0.2, 0) is 23.9 Å². The lowest BCUT2D eigenvalue weighted by Gasteiger charge is -2.28. The van der Waals surface area contributed by atoms with Gasteiger partial charge in [-0.2, -0.15) is 0 Å². The number of amides is 1. The summed E-state index contributed by atoms with van der Waals surface area (Å²) < 4.78 is 9.10. The van der Waals surface area contributed by atoms with Crippen molar-refractivity contribution in [3.05, 3.63) is 72.9 Å². The highest BCUT2D eigenvalue weighted by atomic mass is 16.7. The first kappa shape index (κ1) is 36.3. The van der Waals surface area contributed by atoms with E-state index in [4.69, 9.17) is 9.84 Å². The summed E-state index contributed by atoms with van der Waals surface area (Å²) in [5.74, 6) is -2.29. The van der Waals surface area contributed by atoms with E-state index in [1.807, 2.05) is 12.2 Å². The van der Waals surface area contributed by atoms with Gasteiger partial charge >= 0.3 is 18.1 Å². The molecule has 0 heterocycles. The Bertz CT molecular complexity index is 941. The van der Waals surface area contributed by atoms with Gasteiger partial charge in [-0.3, -0.25) is 14.4 Å². The summed E-state index contributed by atoms with van der Waals surface area (Å²) in [6.45, 7) is 4.84. The maximum Gasteiger partial charge on any atom is 0.513 e. The van der Waals surface area contributed by atoms with Gasteiger partial charge in [-0.25, -0.2) is 4.79 Å². The van der Waals surface area contributed by atoms with Crippen molar-refractivity contribution in [1.29, 1.82) is 0 Å². The molecule has 1 amide bonds. The zero-order valence-corrected chi connectivity index (χ0v) is 23.9. The summed E-state index contributed by atoms with van der Waals surface area (Å²) in [5, 5.41) is 20.9. The summed E-state index contributed by atoms with van der Waals surface area (Å²) >= 11 is 0. The first-order chi connectivity index (χ1) is 19.1. The smallest absolute Gasteiger partial charge is 0.465 e. The van der Waals surface area contributed by atoms with E-state index in [9.17, 15) is 24.3 Å². The minimum absolute atomic E-state index is 0.0643. The number of carbonyl (C=O) groups is 4. The van der Waals surface area contributed by atoms with Crippen LogP contribution in [0.15, 0.2) is 72.9 Å². The number of aliphatic hydroxyl groups excluding tert-OH is 1. The van der Waals surface area contributed by atoms with Crippen molar-refractivity contribution in [2.75, 3.05) is 13.2 Å². The molecule has 0 radical (unpaired) electrons. The molecule has 3 N–H and O–H groups in total. The Morgan fingerprint density at radius 2 is 1.20 bits per heavy atom. The molecule has 222 valence electrons. The highest BCUT2D eigenvalue weighted by Crippen LogP contribution is 2.21. The quantitative estimate of drug-likeness (QED) is 0.0976. The van der Waals surface area contributed by atoms with Crippen molar-refractivity contribution in [2.45, 2.75) is 78.2 Å². The Balaban J connectivity index is 4.06. The van der Waals surface area contributed by atoms with E-state index >= 15 is 0 Å². The third-order valence-corrected chi connectivity index (χ3v) is 5.30. The SMILES string of the molecule is CCC=CCC=CCC=CCC=CCC=CCC=CCC(=O)OCC(C)(C)C(O)C(=O)NCCC(=O)OC(=O)O. The molecule has 1 atom stereocenters. The Labute approximate surface area is 238 Å². The average molecular weight is 560 g/mol. The number of nitrogens with one attached hydrogen (secondary N) is 1. The van der Waals surface area contributed by atoms with E-state index in [2.05, 4.69) is 71.7 Å². The van der Waals surface area contributed by atoms with E-state index in [1.54, 1.807) is 19.9 Å². The van der Waals surface area contributed by atoms with Crippen LogP contribution < -0.4 is 5.32 Å². The Hall–Kier alpha value is -3.72. The molecule has 0 aromatic rings. The van der Waals surface area contributed by atoms with Crippen LogP contribution in [-0.4, -0.2) is 53.5 Å². The third-order valence-electron chi connectivity index (χ3n) is 5.30. The summed E-state index contributed by atoms with van der Waals surface area (Å²) in [6, 6.07) is 0. The number of rotatable bonds is 20. The topological polar surface area (TPSA) is 139 Å². The molecule has 1 unspecified atom stereocenters. The average Bonchev–Trinajstić information content (AvgIpc) is 2.90. The monoisotopic (exact) mass is 559 g/mol. The number of esters is 2. The van der Waals surface area contributed by atoms with Gasteiger partial charge in [-0.1, -0.05) is 93.7 Å². The van der Waals surface area contributed by atoms with Crippen molar-refractivity contribution < 1.29 is 38.9 Å². The van der Waals surface area contributed by atoms with Gasteiger partial charge in [0.2, 0.25) is 5.91 Å². The molecule has 0 aliphatic heterocycles. The molecule has 9 heteroatoms. The number of carboxylic acid groups (broad SMARTS) is 1. The molecule has 0 fully saturated rings. The number of aliphatic hydroxyl groups is 1. The Morgan fingerprint density at radius 3 is 1.65 bits per heavy atom. The van der Waals surface area contributed by atoms with Gasteiger partial charge in [-0.05, 0) is 38.5 Å². The molecule has 0 bridgehead atoms. The lowest BCUT2D eigenvalue weighted by molar-refractivity contribution is -0.152. The van der Waals surface area contributed by atoms with Crippen molar-refractivity contribution in [3.8, 4) is 0 Å². The second-order valence-electron chi connectivity index (χ2n) is 9.45. The second-order valence-corrected chi connectivity index (χ2v) is 9.45. The van der Waals surface area contributed by atoms with Gasteiger partial charge in [0.25, 0.3) is 0 Å². The molecule has 0 spiro atoms. The highest BCUT2D eigenvalue weighted by Gasteiger charge is 2.34. The van der Waals surface area contributed by atoms with Gasteiger partial charge in [-0.15, -0.1) is 0 Å². The first-order valence-electron chi connectivity index (χ1n) is 13.5. The maximum absolute atomic E-state index is 12.1. The molecular formula is C31H45NO8. The van der Waals surface area contributed by atoms with E-state index in [0.29, 0.717) is 6.42 Å². The molecule has 40 heavy (non-hydrogen) atoms. The van der Waals surface area contributed by atoms with Gasteiger partial charge in [0, 0.05) is 12.0 Å².